The van der Waals surface area contributed by atoms with Crippen LogP contribution in [0.5, 0.6) is 0 Å². The van der Waals surface area contributed by atoms with E-state index in [0.29, 0.717) is 23.2 Å². The molecular formula is C22H17F2N5O3. The lowest BCUT2D eigenvalue weighted by molar-refractivity contribution is 0.101. The largest absolute Gasteiger partial charge is 0.437 e. The Morgan fingerprint density at radius 1 is 1.12 bits per heavy atom. The Labute approximate surface area is 180 Å². The van der Waals surface area contributed by atoms with Crippen LogP contribution in [0.1, 0.15) is 23.0 Å². The van der Waals surface area contributed by atoms with Crippen molar-refractivity contribution in [2.24, 2.45) is 7.05 Å². The zero-order valence-electron chi connectivity index (χ0n) is 17.1. The minimum absolute atomic E-state index is 0.129. The van der Waals surface area contributed by atoms with E-state index in [1.54, 1.807) is 24.4 Å². The molecule has 0 bridgehead atoms. The highest BCUT2D eigenvalue weighted by atomic mass is 19.1. The first-order chi connectivity index (χ1) is 15.4. The Kier molecular flexibility index (Phi) is 5.59. The molecular weight excluding hydrogens is 420 g/mol. The van der Waals surface area contributed by atoms with Crippen LogP contribution in [0, 0.1) is 11.6 Å². The molecule has 3 heterocycles. The standard InChI is InChI=1S/C22H17F2N5O3/c1-3-17-14(9-12(10-25-17)21-28-29(2)22(31)32-21)18-8-7-13(11-26-18)27-20(30)19-15(23)5-4-6-16(19)24/h4-11H,3H2,1-2H3,(H,27,30). The van der Waals surface area contributed by atoms with Gasteiger partial charge in [-0.25, -0.2) is 13.6 Å². The molecule has 4 rings (SSSR count). The highest BCUT2D eigenvalue weighted by molar-refractivity contribution is 6.04. The van der Waals surface area contributed by atoms with Gasteiger partial charge in [0.15, 0.2) is 0 Å². The zero-order valence-corrected chi connectivity index (χ0v) is 17.1. The number of pyridine rings is 2. The van der Waals surface area contributed by atoms with Crippen LogP contribution >= 0.6 is 0 Å². The normalized spacial score (nSPS) is 10.9. The van der Waals surface area contributed by atoms with Gasteiger partial charge in [-0.3, -0.25) is 14.8 Å². The number of amides is 1. The summed E-state index contributed by atoms with van der Waals surface area (Å²) in [6.07, 6.45) is 3.55. The van der Waals surface area contributed by atoms with E-state index in [9.17, 15) is 18.4 Å². The second-order valence-electron chi connectivity index (χ2n) is 6.85. The fourth-order valence-electron chi connectivity index (χ4n) is 3.11. The molecule has 0 aliphatic heterocycles. The molecule has 1 aromatic carbocycles. The van der Waals surface area contributed by atoms with Crippen LogP contribution in [0.15, 0.2) is 58.0 Å². The van der Waals surface area contributed by atoms with Gasteiger partial charge in [-0.05, 0) is 36.8 Å². The molecule has 0 saturated heterocycles. The Morgan fingerprint density at radius 2 is 1.88 bits per heavy atom. The second kappa shape index (κ2) is 8.50. The topological polar surface area (TPSA) is 103 Å². The Morgan fingerprint density at radius 3 is 2.47 bits per heavy atom. The highest BCUT2D eigenvalue weighted by Gasteiger charge is 2.18. The molecule has 162 valence electrons. The van der Waals surface area contributed by atoms with Crippen molar-refractivity contribution in [3.05, 3.63) is 82.2 Å². The molecule has 4 aromatic rings. The number of anilines is 1. The Bertz CT molecular complexity index is 1340. The molecule has 32 heavy (non-hydrogen) atoms. The van der Waals surface area contributed by atoms with Gasteiger partial charge in [-0.15, -0.1) is 5.10 Å². The van der Waals surface area contributed by atoms with Crippen molar-refractivity contribution in [2.75, 3.05) is 5.32 Å². The average molecular weight is 437 g/mol. The third-order valence-electron chi connectivity index (χ3n) is 4.73. The fourth-order valence-corrected chi connectivity index (χ4v) is 3.11. The average Bonchev–Trinajstić information content (AvgIpc) is 3.12. The van der Waals surface area contributed by atoms with Crippen LogP contribution in [-0.4, -0.2) is 25.7 Å². The number of nitrogens with zero attached hydrogens (tertiary/aromatic N) is 4. The van der Waals surface area contributed by atoms with Crippen LogP contribution < -0.4 is 11.1 Å². The SMILES string of the molecule is CCc1ncc(-c2nn(C)c(=O)o2)cc1-c1ccc(NC(=O)c2c(F)cccc2F)cn1. The number of carbonyl (C=O) groups is 1. The number of nitrogens with one attached hydrogen (secondary N) is 1. The smallest absolute Gasteiger partial charge is 0.388 e. The Balaban J connectivity index is 1.63. The minimum atomic E-state index is -0.955. The fraction of sp³-hybridized carbons (Fsp3) is 0.136. The third kappa shape index (κ3) is 4.02. The van der Waals surface area contributed by atoms with E-state index < -0.39 is 28.9 Å². The summed E-state index contributed by atoms with van der Waals surface area (Å²) in [5.74, 6) is -3.29. The van der Waals surface area contributed by atoms with Gasteiger partial charge in [-0.2, -0.15) is 4.68 Å². The van der Waals surface area contributed by atoms with Crippen molar-refractivity contribution in [1.82, 2.24) is 19.7 Å². The summed E-state index contributed by atoms with van der Waals surface area (Å²) in [5.41, 5.74) is 2.09. The molecule has 0 aliphatic carbocycles. The predicted molar refractivity (Wildman–Crippen MR) is 112 cm³/mol. The van der Waals surface area contributed by atoms with E-state index in [2.05, 4.69) is 20.4 Å². The maximum atomic E-state index is 13.8. The second-order valence-corrected chi connectivity index (χ2v) is 6.85. The molecule has 0 fully saturated rings. The number of carbonyl (C=O) groups excluding carboxylic acids is 1. The molecule has 0 saturated carbocycles. The molecule has 1 amide bonds. The van der Waals surface area contributed by atoms with Crippen molar-refractivity contribution in [3.63, 3.8) is 0 Å². The molecule has 0 aliphatic rings. The van der Waals surface area contributed by atoms with Crippen LogP contribution in [0.4, 0.5) is 14.5 Å². The summed E-state index contributed by atoms with van der Waals surface area (Å²) in [6.45, 7) is 1.93. The molecule has 10 heteroatoms. The van der Waals surface area contributed by atoms with Gasteiger partial charge in [-0.1, -0.05) is 13.0 Å². The molecule has 0 atom stereocenters. The van der Waals surface area contributed by atoms with E-state index in [0.717, 1.165) is 22.5 Å². The Hall–Kier alpha value is -4.21. The van der Waals surface area contributed by atoms with Crippen LogP contribution in [0.3, 0.4) is 0 Å². The lowest BCUT2D eigenvalue weighted by Crippen LogP contribution is -2.16. The van der Waals surface area contributed by atoms with E-state index >= 15 is 0 Å². The van der Waals surface area contributed by atoms with Crippen molar-refractivity contribution < 1.29 is 18.0 Å². The number of rotatable bonds is 5. The first kappa shape index (κ1) is 21.0. The predicted octanol–water partition coefficient (Wildman–Crippen LogP) is 3.59. The van der Waals surface area contributed by atoms with Gasteiger partial charge < -0.3 is 9.73 Å². The minimum Gasteiger partial charge on any atom is -0.388 e. The van der Waals surface area contributed by atoms with Gasteiger partial charge in [0.2, 0.25) is 0 Å². The third-order valence-corrected chi connectivity index (χ3v) is 4.73. The lowest BCUT2D eigenvalue weighted by Gasteiger charge is -2.10. The molecule has 0 radical (unpaired) electrons. The van der Waals surface area contributed by atoms with Gasteiger partial charge in [0, 0.05) is 24.5 Å². The monoisotopic (exact) mass is 437 g/mol. The summed E-state index contributed by atoms with van der Waals surface area (Å²) in [7, 11) is 1.48. The maximum absolute atomic E-state index is 13.8. The summed E-state index contributed by atoms with van der Waals surface area (Å²) in [6, 6.07) is 8.16. The van der Waals surface area contributed by atoms with Crippen molar-refractivity contribution >= 4 is 11.6 Å². The summed E-state index contributed by atoms with van der Waals surface area (Å²) < 4.78 is 33.8. The highest BCUT2D eigenvalue weighted by Crippen LogP contribution is 2.27. The van der Waals surface area contributed by atoms with Crippen molar-refractivity contribution in [1.29, 1.82) is 0 Å². The molecule has 1 N–H and O–H groups in total. The van der Waals surface area contributed by atoms with Gasteiger partial charge in [0.25, 0.3) is 11.8 Å². The van der Waals surface area contributed by atoms with Crippen molar-refractivity contribution in [3.8, 4) is 22.7 Å². The van der Waals surface area contributed by atoms with Gasteiger partial charge in [0.1, 0.15) is 17.2 Å². The summed E-state index contributed by atoms with van der Waals surface area (Å²) >= 11 is 0. The lowest BCUT2D eigenvalue weighted by atomic mass is 10.0. The van der Waals surface area contributed by atoms with Crippen LogP contribution in [0.25, 0.3) is 22.7 Å². The van der Waals surface area contributed by atoms with Gasteiger partial charge >= 0.3 is 5.76 Å². The maximum Gasteiger partial charge on any atom is 0.437 e. The van der Waals surface area contributed by atoms with Gasteiger partial charge in [0.05, 0.1) is 23.1 Å². The number of hydrogen-bond acceptors (Lipinski definition) is 6. The number of hydrogen-bond donors (Lipinski definition) is 1. The van der Waals surface area contributed by atoms with Crippen LogP contribution in [0.2, 0.25) is 0 Å². The number of halogens is 2. The zero-order chi connectivity index (χ0) is 22.8. The number of aromatic nitrogens is 4. The molecule has 8 nitrogen and oxygen atoms in total. The van der Waals surface area contributed by atoms with E-state index in [-0.39, 0.29) is 11.6 Å². The first-order valence-corrected chi connectivity index (χ1v) is 9.62. The number of aryl methyl sites for hydroxylation is 2. The van der Waals surface area contributed by atoms with E-state index in [1.165, 1.54) is 19.3 Å². The van der Waals surface area contributed by atoms with Crippen molar-refractivity contribution in [2.45, 2.75) is 13.3 Å². The summed E-state index contributed by atoms with van der Waals surface area (Å²) in [5, 5.41) is 6.46. The first-order valence-electron chi connectivity index (χ1n) is 9.62. The molecule has 0 spiro atoms. The number of benzene rings is 1. The molecule has 0 unspecified atom stereocenters. The quantitative estimate of drug-likeness (QED) is 0.512. The van der Waals surface area contributed by atoms with Crippen LogP contribution in [-0.2, 0) is 13.5 Å². The molecule has 3 aromatic heterocycles. The van der Waals surface area contributed by atoms with E-state index in [1.807, 2.05) is 6.92 Å². The summed E-state index contributed by atoms with van der Waals surface area (Å²) in [4.78, 5) is 32.6. The van der Waals surface area contributed by atoms with E-state index in [4.69, 9.17) is 4.42 Å².